The molecule has 1 amide bonds. The van der Waals surface area contributed by atoms with E-state index < -0.39 is 0 Å². The largest absolute Gasteiger partial charge is 0.508 e. The first-order valence-electron chi connectivity index (χ1n) is 8.90. The summed E-state index contributed by atoms with van der Waals surface area (Å²) >= 11 is 0. The van der Waals surface area contributed by atoms with Crippen molar-refractivity contribution in [2.45, 2.75) is 50.6 Å². The van der Waals surface area contributed by atoms with Crippen molar-refractivity contribution in [3.8, 4) is 5.75 Å². The van der Waals surface area contributed by atoms with Crippen LogP contribution in [0.5, 0.6) is 5.75 Å². The molecule has 1 N–H and O–H groups in total. The highest BCUT2D eigenvalue weighted by Crippen LogP contribution is 2.43. The molecular formula is C21H22FNO2. The van der Waals surface area contributed by atoms with Crippen molar-refractivity contribution in [1.29, 1.82) is 0 Å². The molecule has 2 heterocycles. The van der Waals surface area contributed by atoms with Crippen molar-refractivity contribution >= 4 is 5.91 Å². The lowest BCUT2D eigenvalue weighted by Gasteiger charge is -2.39. The molecule has 2 fully saturated rings. The van der Waals surface area contributed by atoms with E-state index in [0.717, 1.165) is 31.2 Å². The third-order valence-electron chi connectivity index (χ3n) is 5.77. The van der Waals surface area contributed by atoms with E-state index >= 15 is 0 Å². The molecule has 0 spiro atoms. The lowest BCUT2D eigenvalue weighted by molar-refractivity contribution is 0.0571. The summed E-state index contributed by atoms with van der Waals surface area (Å²) in [5, 5.41) is 9.91. The van der Waals surface area contributed by atoms with Crippen LogP contribution in [-0.2, 0) is 0 Å². The number of fused-ring (bicyclic) bond motifs is 2. The second kappa shape index (κ2) is 6.17. The van der Waals surface area contributed by atoms with E-state index in [-0.39, 0.29) is 29.6 Å². The number of hydrogen-bond donors (Lipinski definition) is 1. The molecule has 25 heavy (non-hydrogen) atoms. The smallest absolute Gasteiger partial charge is 0.254 e. The molecule has 3 nitrogen and oxygen atoms in total. The minimum absolute atomic E-state index is 0.0142. The van der Waals surface area contributed by atoms with Gasteiger partial charge in [-0.3, -0.25) is 4.79 Å². The molecule has 130 valence electrons. The van der Waals surface area contributed by atoms with Crippen LogP contribution in [0.3, 0.4) is 0 Å². The number of benzene rings is 2. The number of phenolic OH excluding ortho intramolecular Hbond substituents is 1. The Morgan fingerprint density at radius 3 is 2.32 bits per heavy atom. The predicted molar refractivity (Wildman–Crippen MR) is 94.2 cm³/mol. The maximum atomic E-state index is 13.2. The monoisotopic (exact) mass is 339 g/mol. The van der Waals surface area contributed by atoms with Gasteiger partial charge in [-0.15, -0.1) is 0 Å². The molecule has 0 aliphatic carbocycles. The number of amides is 1. The highest BCUT2D eigenvalue weighted by atomic mass is 19.1. The summed E-state index contributed by atoms with van der Waals surface area (Å²) in [4.78, 5) is 15.0. The van der Waals surface area contributed by atoms with Gasteiger partial charge < -0.3 is 10.0 Å². The Morgan fingerprint density at radius 2 is 1.72 bits per heavy atom. The summed E-state index contributed by atoms with van der Waals surface area (Å²) in [6, 6.07) is 12.4. The maximum Gasteiger partial charge on any atom is 0.254 e. The van der Waals surface area contributed by atoms with Crippen LogP contribution in [-0.4, -0.2) is 28.0 Å². The van der Waals surface area contributed by atoms with Crippen molar-refractivity contribution in [1.82, 2.24) is 4.90 Å². The number of hydrogen-bond acceptors (Lipinski definition) is 2. The van der Waals surface area contributed by atoms with Crippen molar-refractivity contribution < 1.29 is 14.3 Å². The third-order valence-corrected chi connectivity index (χ3v) is 5.77. The molecule has 4 rings (SSSR count). The average molecular weight is 339 g/mol. The van der Waals surface area contributed by atoms with Crippen LogP contribution in [0.4, 0.5) is 4.39 Å². The SMILES string of the molecule is Cc1ccc(C(=O)N2C3CCC2CC(c2ccc(F)cc2)C3)cc1O. The Morgan fingerprint density at radius 1 is 1.08 bits per heavy atom. The quantitative estimate of drug-likeness (QED) is 0.881. The van der Waals surface area contributed by atoms with Gasteiger partial charge in [-0.05, 0) is 73.9 Å². The number of aromatic hydroxyl groups is 1. The first kappa shape index (κ1) is 16.1. The molecule has 0 saturated carbocycles. The van der Waals surface area contributed by atoms with Gasteiger partial charge in [-0.1, -0.05) is 18.2 Å². The molecule has 2 aromatic rings. The molecule has 2 aromatic carbocycles. The first-order chi connectivity index (χ1) is 12.0. The van der Waals surface area contributed by atoms with E-state index in [1.54, 1.807) is 18.2 Å². The van der Waals surface area contributed by atoms with Gasteiger partial charge in [0.15, 0.2) is 0 Å². The fourth-order valence-corrected chi connectivity index (χ4v) is 4.41. The zero-order chi connectivity index (χ0) is 17.6. The number of aryl methyl sites for hydroxylation is 1. The van der Waals surface area contributed by atoms with Gasteiger partial charge in [0.1, 0.15) is 11.6 Å². The molecule has 2 atom stereocenters. The standard InChI is InChI=1S/C21H22FNO2/c1-13-2-3-15(12-20(13)24)21(25)23-18-8-9-19(23)11-16(10-18)14-4-6-17(22)7-5-14/h2-7,12,16,18-19,24H,8-11H2,1H3. The van der Waals surface area contributed by atoms with Crippen LogP contribution in [0.25, 0.3) is 0 Å². The van der Waals surface area contributed by atoms with E-state index in [1.807, 2.05) is 24.0 Å². The summed E-state index contributed by atoms with van der Waals surface area (Å²) in [6.45, 7) is 1.82. The molecule has 4 heteroatoms. The van der Waals surface area contributed by atoms with Crippen LogP contribution in [0.15, 0.2) is 42.5 Å². The van der Waals surface area contributed by atoms with E-state index in [0.29, 0.717) is 11.5 Å². The van der Waals surface area contributed by atoms with Gasteiger partial charge in [0, 0.05) is 17.6 Å². The summed E-state index contributed by atoms with van der Waals surface area (Å²) in [6.07, 6.45) is 3.88. The van der Waals surface area contributed by atoms with Crippen molar-refractivity contribution in [2.75, 3.05) is 0 Å². The van der Waals surface area contributed by atoms with E-state index in [9.17, 15) is 14.3 Å². The minimum atomic E-state index is -0.210. The molecule has 0 radical (unpaired) electrons. The molecule has 2 unspecified atom stereocenters. The van der Waals surface area contributed by atoms with Crippen molar-refractivity contribution in [3.05, 3.63) is 65.0 Å². The topological polar surface area (TPSA) is 40.5 Å². The van der Waals surface area contributed by atoms with Crippen LogP contribution in [0, 0.1) is 12.7 Å². The predicted octanol–water partition coefficient (Wildman–Crippen LogP) is 4.39. The molecule has 2 aliphatic rings. The maximum absolute atomic E-state index is 13.2. The number of phenols is 1. The van der Waals surface area contributed by atoms with Crippen LogP contribution in [0.1, 0.15) is 53.1 Å². The Balaban J connectivity index is 1.55. The summed E-state index contributed by atoms with van der Waals surface area (Å²) in [7, 11) is 0. The number of nitrogens with zero attached hydrogens (tertiary/aromatic N) is 1. The van der Waals surface area contributed by atoms with Gasteiger partial charge in [0.2, 0.25) is 0 Å². The van der Waals surface area contributed by atoms with Crippen LogP contribution in [0.2, 0.25) is 0 Å². The van der Waals surface area contributed by atoms with Gasteiger partial charge >= 0.3 is 0 Å². The van der Waals surface area contributed by atoms with Gasteiger partial charge in [-0.25, -0.2) is 4.39 Å². The normalized spacial score (nSPS) is 25.2. The lowest BCUT2D eigenvalue weighted by atomic mass is 9.84. The highest BCUT2D eigenvalue weighted by molar-refractivity contribution is 5.95. The fraction of sp³-hybridized carbons (Fsp3) is 0.381. The zero-order valence-corrected chi connectivity index (χ0v) is 14.3. The Kier molecular flexibility index (Phi) is 3.98. The number of carbonyl (C=O) groups excluding carboxylic acids is 1. The number of carbonyl (C=O) groups is 1. The van der Waals surface area contributed by atoms with Gasteiger partial charge in [-0.2, -0.15) is 0 Å². The molecule has 2 saturated heterocycles. The lowest BCUT2D eigenvalue weighted by Crippen LogP contribution is -2.46. The van der Waals surface area contributed by atoms with Gasteiger partial charge in [0.25, 0.3) is 5.91 Å². The number of rotatable bonds is 2. The molecular weight excluding hydrogens is 317 g/mol. The summed E-state index contributed by atoms with van der Waals surface area (Å²) in [5.41, 5.74) is 2.49. The van der Waals surface area contributed by atoms with Gasteiger partial charge in [0.05, 0.1) is 0 Å². The first-order valence-corrected chi connectivity index (χ1v) is 8.90. The highest BCUT2D eigenvalue weighted by Gasteiger charge is 2.43. The van der Waals surface area contributed by atoms with Crippen molar-refractivity contribution in [3.63, 3.8) is 0 Å². The number of halogens is 1. The van der Waals surface area contributed by atoms with Crippen molar-refractivity contribution in [2.24, 2.45) is 0 Å². The van der Waals surface area contributed by atoms with E-state index in [4.69, 9.17) is 0 Å². The van der Waals surface area contributed by atoms with E-state index in [2.05, 4.69) is 0 Å². The van der Waals surface area contributed by atoms with Crippen LogP contribution >= 0.6 is 0 Å². The Bertz CT molecular complexity index is 788. The molecule has 0 aromatic heterocycles. The summed E-state index contributed by atoms with van der Waals surface area (Å²) in [5.74, 6) is 0.354. The number of piperidine rings is 1. The Labute approximate surface area is 147 Å². The third kappa shape index (κ3) is 2.90. The fourth-order valence-electron chi connectivity index (χ4n) is 4.41. The summed E-state index contributed by atoms with van der Waals surface area (Å²) < 4.78 is 13.2. The zero-order valence-electron chi connectivity index (χ0n) is 14.3. The minimum Gasteiger partial charge on any atom is -0.508 e. The Hall–Kier alpha value is -2.36. The second-order valence-electron chi connectivity index (χ2n) is 7.32. The second-order valence-corrected chi connectivity index (χ2v) is 7.32. The molecule has 2 aliphatic heterocycles. The van der Waals surface area contributed by atoms with Crippen LogP contribution < -0.4 is 0 Å². The average Bonchev–Trinajstić information content (AvgIpc) is 2.87. The van der Waals surface area contributed by atoms with E-state index in [1.165, 1.54) is 17.7 Å². The molecule has 2 bridgehead atoms.